The normalized spacial score (nSPS) is 14.5. The van der Waals surface area contributed by atoms with E-state index in [-0.39, 0.29) is 11.4 Å². The van der Waals surface area contributed by atoms with E-state index in [1.54, 1.807) is 30.3 Å². The monoisotopic (exact) mass is 329 g/mol. The first kappa shape index (κ1) is 16.3. The van der Waals surface area contributed by atoms with Crippen molar-refractivity contribution in [3.8, 4) is 0 Å². The Kier molecular flexibility index (Phi) is 4.96. The van der Waals surface area contributed by atoms with Crippen molar-refractivity contribution >= 4 is 17.3 Å². The number of aromatic carboxylic acids is 1. The first-order chi connectivity index (χ1) is 11.6. The summed E-state index contributed by atoms with van der Waals surface area (Å²) in [6.45, 7) is 3.61. The lowest BCUT2D eigenvalue weighted by Gasteiger charge is -2.29. The van der Waals surface area contributed by atoms with Crippen LogP contribution in [0.15, 0.2) is 42.5 Å². The molecule has 24 heavy (non-hydrogen) atoms. The maximum Gasteiger partial charge on any atom is 0.336 e. The van der Waals surface area contributed by atoms with Crippen LogP contribution in [-0.4, -0.2) is 37.3 Å². The van der Waals surface area contributed by atoms with Gasteiger partial charge in [0.05, 0.1) is 11.3 Å². The van der Waals surface area contributed by atoms with E-state index in [0.717, 1.165) is 26.2 Å². The number of carboxylic acids is 1. The number of hydrogen-bond acceptors (Lipinski definition) is 4. The number of carbonyl (C=O) groups is 1. The van der Waals surface area contributed by atoms with Crippen molar-refractivity contribution in [1.82, 2.24) is 5.32 Å². The summed E-state index contributed by atoms with van der Waals surface area (Å²) >= 11 is 0. The van der Waals surface area contributed by atoms with Gasteiger partial charge in [0, 0.05) is 38.4 Å². The largest absolute Gasteiger partial charge is 0.478 e. The van der Waals surface area contributed by atoms with Crippen LogP contribution in [0.1, 0.15) is 15.9 Å². The predicted octanol–water partition coefficient (Wildman–Crippen LogP) is 2.55. The minimum Gasteiger partial charge on any atom is -0.478 e. The fourth-order valence-corrected chi connectivity index (χ4v) is 2.86. The van der Waals surface area contributed by atoms with Crippen LogP contribution in [0.3, 0.4) is 0 Å². The molecule has 2 aromatic carbocycles. The fraction of sp³-hybridized carbons (Fsp3) is 0.278. The summed E-state index contributed by atoms with van der Waals surface area (Å²) in [4.78, 5) is 13.2. The molecule has 0 aliphatic carbocycles. The minimum absolute atomic E-state index is 0.253. The molecule has 0 radical (unpaired) electrons. The maximum atomic E-state index is 14.4. The van der Waals surface area contributed by atoms with E-state index >= 15 is 0 Å². The second kappa shape index (κ2) is 7.31. The molecule has 2 aromatic rings. The molecule has 126 valence electrons. The van der Waals surface area contributed by atoms with Crippen LogP contribution < -0.4 is 15.5 Å². The molecule has 5 nitrogen and oxygen atoms in total. The maximum absolute atomic E-state index is 14.4. The molecule has 0 saturated carbocycles. The summed E-state index contributed by atoms with van der Waals surface area (Å²) in [5.74, 6) is -1.24. The van der Waals surface area contributed by atoms with Gasteiger partial charge in [0.1, 0.15) is 5.82 Å². The SMILES string of the molecule is O=C(O)c1ccccc1CNc1ccc(N2CCNCC2)c(F)c1. The van der Waals surface area contributed by atoms with Crippen molar-refractivity contribution in [2.45, 2.75) is 6.54 Å². The molecule has 3 N–H and O–H groups in total. The highest BCUT2D eigenvalue weighted by Crippen LogP contribution is 2.24. The van der Waals surface area contributed by atoms with Crippen molar-refractivity contribution < 1.29 is 14.3 Å². The summed E-state index contributed by atoms with van der Waals surface area (Å²) in [5, 5.41) is 15.5. The minimum atomic E-state index is -0.965. The molecule has 0 bridgehead atoms. The zero-order valence-electron chi connectivity index (χ0n) is 13.3. The highest BCUT2D eigenvalue weighted by atomic mass is 19.1. The van der Waals surface area contributed by atoms with Crippen LogP contribution >= 0.6 is 0 Å². The molecule has 0 amide bonds. The molecular formula is C18H20FN3O2. The third kappa shape index (κ3) is 3.65. The van der Waals surface area contributed by atoms with E-state index in [1.807, 2.05) is 11.0 Å². The third-order valence-electron chi connectivity index (χ3n) is 4.14. The molecule has 0 aromatic heterocycles. The summed E-state index contributed by atoms with van der Waals surface area (Å²) in [5.41, 5.74) is 2.15. The standard InChI is InChI=1S/C18H20FN3O2/c19-16-11-14(5-6-17(16)22-9-7-20-8-10-22)21-12-13-3-1-2-4-15(13)18(23)24/h1-6,11,20-21H,7-10,12H2,(H,23,24). The summed E-state index contributed by atoms with van der Waals surface area (Å²) < 4.78 is 14.4. The van der Waals surface area contributed by atoms with Crippen molar-refractivity contribution in [3.63, 3.8) is 0 Å². The molecular weight excluding hydrogens is 309 g/mol. The molecule has 1 fully saturated rings. The van der Waals surface area contributed by atoms with Gasteiger partial charge in [-0.3, -0.25) is 0 Å². The Morgan fingerprint density at radius 1 is 1.21 bits per heavy atom. The molecule has 3 rings (SSSR count). The van der Waals surface area contributed by atoms with E-state index in [0.29, 0.717) is 23.5 Å². The van der Waals surface area contributed by atoms with Crippen LogP contribution in [0.2, 0.25) is 0 Å². The number of nitrogens with zero attached hydrogens (tertiary/aromatic N) is 1. The predicted molar refractivity (Wildman–Crippen MR) is 92.2 cm³/mol. The molecule has 6 heteroatoms. The zero-order valence-corrected chi connectivity index (χ0v) is 13.3. The van der Waals surface area contributed by atoms with Crippen LogP contribution in [0.25, 0.3) is 0 Å². The molecule has 0 atom stereocenters. The summed E-state index contributed by atoms with van der Waals surface area (Å²) in [6.07, 6.45) is 0. The molecule has 1 heterocycles. The number of nitrogens with one attached hydrogen (secondary N) is 2. The quantitative estimate of drug-likeness (QED) is 0.787. The average molecular weight is 329 g/mol. The van der Waals surface area contributed by atoms with Crippen molar-refractivity contribution in [2.75, 3.05) is 36.4 Å². The Hall–Kier alpha value is -2.60. The van der Waals surface area contributed by atoms with Gasteiger partial charge in [-0.2, -0.15) is 0 Å². The Morgan fingerprint density at radius 3 is 2.67 bits per heavy atom. The first-order valence-corrected chi connectivity index (χ1v) is 7.95. The molecule has 1 aliphatic rings. The van der Waals surface area contributed by atoms with E-state index in [9.17, 15) is 14.3 Å². The second-order valence-electron chi connectivity index (χ2n) is 5.72. The van der Waals surface area contributed by atoms with Gasteiger partial charge in [0.25, 0.3) is 0 Å². The van der Waals surface area contributed by atoms with Crippen LogP contribution in [-0.2, 0) is 6.54 Å². The van der Waals surface area contributed by atoms with Crippen molar-refractivity contribution in [2.24, 2.45) is 0 Å². The Balaban J connectivity index is 1.70. The summed E-state index contributed by atoms with van der Waals surface area (Å²) in [7, 11) is 0. The lowest BCUT2D eigenvalue weighted by molar-refractivity contribution is 0.0696. The molecule has 1 aliphatic heterocycles. The smallest absolute Gasteiger partial charge is 0.336 e. The van der Waals surface area contributed by atoms with Gasteiger partial charge < -0.3 is 20.6 Å². The van der Waals surface area contributed by atoms with Gasteiger partial charge in [0.2, 0.25) is 0 Å². The van der Waals surface area contributed by atoms with Gasteiger partial charge in [-0.15, -0.1) is 0 Å². The van der Waals surface area contributed by atoms with Gasteiger partial charge in [0.15, 0.2) is 0 Å². The van der Waals surface area contributed by atoms with Gasteiger partial charge in [-0.05, 0) is 29.8 Å². The van der Waals surface area contributed by atoms with E-state index < -0.39 is 5.97 Å². The van der Waals surface area contributed by atoms with Gasteiger partial charge in [-0.1, -0.05) is 18.2 Å². The van der Waals surface area contributed by atoms with Crippen molar-refractivity contribution in [3.05, 3.63) is 59.4 Å². The van der Waals surface area contributed by atoms with Crippen molar-refractivity contribution in [1.29, 1.82) is 0 Å². The molecule has 0 unspecified atom stereocenters. The summed E-state index contributed by atoms with van der Waals surface area (Å²) in [6, 6.07) is 11.8. The Bertz CT molecular complexity index is 730. The second-order valence-corrected chi connectivity index (χ2v) is 5.72. The Labute approximate surface area is 140 Å². The topological polar surface area (TPSA) is 64.6 Å². The lowest BCUT2D eigenvalue weighted by Crippen LogP contribution is -2.43. The van der Waals surface area contributed by atoms with Crippen LogP contribution in [0.5, 0.6) is 0 Å². The highest BCUT2D eigenvalue weighted by Gasteiger charge is 2.15. The van der Waals surface area contributed by atoms with Crippen LogP contribution in [0.4, 0.5) is 15.8 Å². The zero-order chi connectivity index (χ0) is 16.9. The van der Waals surface area contributed by atoms with Gasteiger partial charge >= 0.3 is 5.97 Å². The number of rotatable bonds is 5. The highest BCUT2D eigenvalue weighted by molar-refractivity contribution is 5.89. The number of piperazine rings is 1. The van der Waals surface area contributed by atoms with Crippen LogP contribution in [0, 0.1) is 5.82 Å². The Morgan fingerprint density at radius 2 is 1.96 bits per heavy atom. The van der Waals surface area contributed by atoms with E-state index in [2.05, 4.69) is 10.6 Å². The number of carboxylic acid groups (broad SMARTS) is 1. The molecule has 0 spiro atoms. The van der Waals surface area contributed by atoms with E-state index in [4.69, 9.17) is 0 Å². The first-order valence-electron chi connectivity index (χ1n) is 7.95. The third-order valence-corrected chi connectivity index (χ3v) is 4.14. The van der Waals surface area contributed by atoms with Gasteiger partial charge in [-0.25, -0.2) is 9.18 Å². The fourth-order valence-electron chi connectivity index (χ4n) is 2.86. The average Bonchev–Trinajstić information content (AvgIpc) is 2.61. The number of benzene rings is 2. The number of hydrogen-bond donors (Lipinski definition) is 3. The number of halogens is 1. The number of anilines is 2. The molecule has 1 saturated heterocycles. The lowest BCUT2D eigenvalue weighted by atomic mass is 10.1. The van der Waals surface area contributed by atoms with E-state index in [1.165, 1.54) is 6.07 Å².